The summed E-state index contributed by atoms with van der Waals surface area (Å²) in [5.41, 5.74) is 21.0. The van der Waals surface area contributed by atoms with Crippen LogP contribution in [0.3, 0.4) is 0 Å². The van der Waals surface area contributed by atoms with E-state index < -0.39 is 92.7 Å². The first-order valence-corrected chi connectivity index (χ1v) is 37.1. The number of hydrogen-bond acceptors (Lipinski definition) is 15. The van der Waals surface area contributed by atoms with Crippen LogP contribution in [0.15, 0.2) is 164 Å². The Morgan fingerprint density at radius 2 is 0.587 bits per heavy atom. The van der Waals surface area contributed by atoms with Gasteiger partial charge >= 0.3 is 18.3 Å². The van der Waals surface area contributed by atoms with Crippen LogP contribution in [-0.4, -0.2) is 120 Å². The van der Waals surface area contributed by atoms with Crippen LogP contribution in [0.5, 0.6) is 0 Å². The molecule has 24 nitrogen and oxygen atoms in total. The molecule has 12 N–H and O–H groups in total. The predicted molar refractivity (Wildman–Crippen MR) is 426 cm³/mol. The summed E-state index contributed by atoms with van der Waals surface area (Å²) in [5.74, 6) is -4.26. The van der Waals surface area contributed by atoms with Crippen molar-refractivity contribution in [3.8, 4) is 0 Å². The Hall–Kier alpha value is -11.0. The zero-order valence-electron chi connectivity index (χ0n) is 64.7. The molecule has 0 saturated heterocycles. The Morgan fingerprint density at radius 1 is 0.349 bits per heavy atom. The van der Waals surface area contributed by atoms with Gasteiger partial charge in [-0.2, -0.15) is 0 Å². The molecule has 0 fully saturated rings. The lowest BCUT2D eigenvalue weighted by atomic mass is 9.83. The van der Waals surface area contributed by atoms with Crippen molar-refractivity contribution in [3.63, 3.8) is 0 Å². The third-order valence-electron chi connectivity index (χ3n) is 19.2. The fourth-order valence-electron chi connectivity index (χ4n) is 13.5. The third kappa shape index (κ3) is 21.5. The fourth-order valence-corrected chi connectivity index (χ4v) is 13.5. The van der Waals surface area contributed by atoms with E-state index in [-0.39, 0.29) is 58.2 Å². The minimum Gasteiger partial charge on any atom is -0.444 e. The van der Waals surface area contributed by atoms with E-state index in [4.69, 9.17) is 31.4 Å². The first-order chi connectivity index (χ1) is 51.4. The lowest BCUT2D eigenvalue weighted by Crippen LogP contribution is -2.58. The monoisotopic (exact) mass is 1490 g/mol. The topological polar surface area (TPSA) is 346 Å². The lowest BCUT2D eigenvalue weighted by molar-refractivity contribution is -0.134. The van der Waals surface area contributed by atoms with Crippen LogP contribution in [0.1, 0.15) is 159 Å². The van der Waals surface area contributed by atoms with Crippen molar-refractivity contribution < 1.29 is 57.4 Å². The van der Waals surface area contributed by atoms with Crippen molar-refractivity contribution in [1.82, 2.24) is 29.7 Å². The minimum absolute atomic E-state index is 0.0446. The highest BCUT2D eigenvalue weighted by molar-refractivity contribution is 6.18. The molecule has 6 amide bonds. The molecule has 0 aliphatic carbocycles. The molecule has 0 spiro atoms. The summed E-state index contributed by atoms with van der Waals surface area (Å²) < 4.78 is 22.0. The Morgan fingerprint density at radius 3 is 0.826 bits per heavy atom. The number of nitrogens with one attached hydrogen (secondary N) is 6. The summed E-state index contributed by atoms with van der Waals surface area (Å²) in [5, 5.41) is 19.6. The molecule has 578 valence electrons. The Labute approximate surface area is 637 Å². The van der Waals surface area contributed by atoms with E-state index in [1.165, 1.54) is 0 Å². The van der Waals surface area contributed by atoms with E-state index in [1.54, 1.807) is 98.7 Å². The zero-order valence-corrected chi connectivity index (χ0v) is 64.7. The molecule has 0 bridgehead atoms. The number of aryl methyl sites for hydroxylation is 3. The summed E-state index contributed by atoms with van der Waals surface area (Å²) >= 11 is 0. The number of ketones is 3. The maximum atomic E-state index is 14.8. The van der Waals surface area contributed by atoms with Gasteiger partial charge in [0.15, 0.2) is 34.0 Å². The average Bonchev–Trinajstić information content (AvgIpc) is 1.75. The van der Waals surface area contributed by atoms with Gasteiger partial charge in [-0.05, 0) is 208 Å². The molecule has 9 aromatic rings. The van der Waals surface area contributed by atoms with Gasteiger partial charge in [0.05, 0.1) is 0 Å². The SMILES string of the molecule is Cn1cc(CC(=O)[C@](N)(CCCCNC(=O)OC(C)(C)C)C(=O)Nc2ccc(C(c3ccc(NC(=O)[C@@](N)(CCCCNC(=O)OC(C)(C)C)C(=O)Cc4cn(C)c5ccccc45)cc3)c3ccc(NC(=O)[C@@](N)(CCCCNC(=O)OC(C)(C)C)C(=O)Cc4cn(C)c5ccccc45)cc3)cc2)c2ccccc21. The number of hydrogen-bond donors (Lipinski definition) is 9. The fraction of sp³-hybridized carbons (Fsp3) is 0.400. The van der Waals surface area contributed by atoms with Crippen LogP contribution in [0.25, 0.3) is 32.7 Å². The number of alkyl carbamates (subject to hydrolysis) is 3. The van der Waals surface area contributed by atoms with Gasteiger partial charge in [0.25, 0.3) is 17.7 Å². The number of benzene rings is 6. The molecule has 24 heteroatoms. The number of amides is 6. The summed E-state index contributed by atoms with van der Waals surface area (Å²) in [6, 6.07) is 44.2. The van der Waals surface area contributed by atoms with Crippen molar-refractivity contribution in [3.05, 3.63) is 198 Å². The van der Waals surface area contributed by atoms with E-state index in [0.29, 0.717) is 72.3 Å². The second-order valence-electron chi connectivity index (χ2n) is 31.4. The molecule has 3 atom stereocenters. The largest absolute Gasteiger partial charge is 0.444 e. The standard InChI is InChI=1S/C85H106N12O12/c1-80(2,3)107-77(104)89-46-22-19-43-83(86,70(98)49-58-52-95(10)67-28-16-13-25-64(58)67)74(101)92-61-37-31-55(32-38-61)73(56-33-39-62(40-34-56)93-75(102)84(87,44-20-23-47-90-78(105)108-81(4,5)6)71(99)50-59-53-96(11)68-29-17-14-26-65(59)68)57-35-41-63(42-36-57)94-76(103)85(88,45-21-24-48-91-79(106)109-82(7,8)9)72(100)51-60-54-97(12)69-30-18-15-27-66(60)69/h13-18,25-42,52-54,73H,19-24,43-51,86-88H2,1-12H3,(H,89,104)(H,90,105)(H,91,106)(H,92,101)(H,93,102)(H,94,103)/t83-,84-,85-/m1/s1. The molecule has 109 heavy (non-hydrogen) atoms. The van der Waals surface area contributed by atoms with Crippen molar-refractivity contribution >= 4 is 103 Å². The Bertz CT molecular complexity index is 4290. The normalized spacial score (nSPS) is 13.5. The second-order valence-corrected chi connectivity index (χ2v) is 31.4. The average molecular weight is 1490 g/mol. The first kappa shape index (κ1) is 82.1. The third-order valence-corrected chi connectivity index (χ3v) is 19.2. The highest BCUT2D eigenvalue weighted by atomic mass is 16.6. The molecule has 3 aromatic heterocycles. The van der Waals surface area contributed by atoms with E-state index in [1.807, 2.05) is 163 Å². The van der Waals surface area contributed by atoms with Gasteiger partial charge < -0.3 is 77.0 Å². The van der Waals surface area contributed by atoms with Gasteiger partial charge in [-0.3, -0.25) is 28.8 Å². The number of fused-ring (bicyclic) bond motifs is 3. The molecule has 0 aliphatic rings. The number of para-hydroxylation sites is 3. The number of carbonyl (C=O) groups excluding carboxylic acids is 9. The van der Waals surface area contributed by atoms with Crippen LogP contribution < -0.4 is 49.1 Å². The number of anilines is 3. The number of nitrogens with two attached hydrogens (primary N) is 3. The van der Waals surface area contributed by atoms with E-state index in [2.05, 4.69) is 31.9 Å². The number of aromatic nitrogens is 3. The predicted octanol–water partition coefficient (Wildman–Crippen LogP) is 12.8. The van der Waals surface area contributed by atoms with Crippen molar-refractivity contribution in [2.45, 2.75) is 179 Å². The summed E-state index contributed by atoms with van der Waals surface area (Å²) in [6.07, 6.45) is 5.34. The molecular formula is C85H106N12O12. The van der Waals surface area contributed by atoms with Gasteiger partial charge in [-0.1, -0.05) is 91.0 Å². The van der Waals surface area contributed by atoms with E-state index in [0.717, 1.165) is 49.4 Å². The van der Waals surface area contributed by atoms with Gasteiger partial charge in [0, 0.05) is 134 Å². The maximum absolute atomic E-state index is 14.8. The molecule has 6 aromatic carbocycles. The number of carbonyl (C=O) groups is 9. The lowest BCUT2D eigenvalue weighted by Gasteiger charge is -2.28. The van der Waals surface area contributed by atoms with Crippen LogP contribution in [0, 0.1) is 0 Å². The van der Waals surface area contributed by atoms with Crippen LogP contribution >= 0.6 is 0 Å². The summed E-state index contributed by atoms with van der Waals surface area (Å²) in [7, 11) is 5.65. The van der Waals surface area contributed by atoms with E-state index in [9.17, 15) is 43.2 Å². The van der Waals surface area contributed by atoms with Crippen LogP contribution in [0.2, 0.25) is 0 Å². The molecule has 0 unspecified atom stereocenters. The molecule has 9 rings (SSSR count). The summed E-state index contributed by atoms with van der Waals surface area (Å²) in [6.45, 7) is 16.5. The van der Waals surface area contributed by atoms with Crippen LogP contribution in [-0.2, 0) is 83.4 Å². The minimum atomic E-state index is -2.01. The zero-order chi connectivity index (χ0) is 79.2. The van der Waals surface area contributed by atoms with Gasteiger partial charge in [-0.25, -0.2) is 14.4 Å². The molecule has 0 radical (unpaired) electrons. The maximum Gasteiger partial charge on any atom is 0.407 e. The smallest absolute Gasteiger partial charge is 0.407 e. The number of Topliss-reactive ketones (excluding diaryl/α,β-unsaturated/α-hetero) is 3. The number of unbranched alkanes of at least 4 members (excludes halogenated alkanes) is 3. The van der Waals surface area contributed by atoms with Crippen LogP contribution in [0.4, 0.5) is 31.4 Å². The van der Waals surface area contributed by atoms with E-state index >= 15 is 0 Å². The van der Waals surface area contributed by atoms with Crippen molar-refractivity contribution in [2.75, 3.05) is 35.6 Å². The number of nitrogens with zero attached hydrogens (tertiary/aromatic N) is 3. The molecule has 0 saturated carbocycles. The van der Waals surface area contributed by atoms with Gasteiger partial charge in [0.1, 0.15) is 16.8 Å². The Kier molecular flexibility index (Phi) is 26.3. The van der Waals surface area contributed by atoms with Gasteiger partial charge in [0.2, 0.25) is 0 Å². The summed E-state index contributed by atoms with van der Waals surface area (Å²) in [4.78, 5) is 126. The first-order valence-electron chi connectivity index (χ1n) is 37.1. The quantitative estimate of drug-likeness (QED) is 0.00799. The second kappa shape index (κ2) is 35.0. The Balaban J connectivity index is 1.00. The molecule has 3 heterocycles. The van der Waals surface area contributed by atoms with Gasteiger partial charge in [-0.15, -0.1) is 0 Å². The van der Waals surface area contributed by atoms with Crippen molar-refractivity contribution in [1.29, 1.82) is 0 Å². The van der Waals surface area contributed by atoms with Crippen molar-refractivity contribution in [2.24, 2.45) is 38.3 Å². The molecule has 0 aliphatic heterocycles. The number of rotatable bonds is 33. The highest BCUT2D eigenvalue weighted by Gasteiger charge is 2.44. The molecular weight excluding hydrogens is 1380 g/mol. The number of ether oxygens (including phenoxy) is 3. The highest BCUT2D eigenvalue weighted by Crippen LogP contribution is 2.36.